The summed E-state index contributed by atoms with van der Waals surface area (Å²) in [5.74, 6) is -0.0736. The molecule has 0 radical (unpaired) electrons. The fourth-order valence-corrected chi connectivity index (χ4v) is 6.40. The first-order valence-corrected chi connectivity index (χ1v) is 12.6. The summed E-state index contributed by atoms with van der Waals surface area (Å²) in [5.41, 5.74) is 10.3. The summed E-state index contributed by atoms with van der Waals surface area (Å²) < 4.78 is 5.48. The van der Waals surface area contributed by atoms with E-state index in [0.29, 0.717) is 35.5 Å². The summed E-state index contributed by atoms with van der Waals surface area (Å²) >= 11 is 8.07. The maximum Gasteiger partial charge on any atom is 0.161 e. The molecule has 0 amide bonds. The normalized spacial score (nSPS) is 21.6. The smallest absolute Gasteiger partial charge is 0.161 e. The molecule has 0 unspecified atom stereocenters. The Kier molecular flexibility index (Phi) is 6.45. The zero-order valence-electron chi connectivity index (χ0n) is 19.0. The molecule has 0 aromatic carbocycles. The van der Waals surface area contributed by atoms with E-state index in [2.05, 4.69) is 28.9 Å². The van der Waals surface area contributed by atoms with E-state index in [0.717, 1.165) is 49.8 Å². The Labute approximate surface area is 208 Å². The van der Waals surface area contributed by atoms with Crippen LogP contribution in [0.1, 0.15) is 40.5 Å². The first-order chi connectivity index (χ1) is 16.5. The van der Waals surface area contributed by atoms with E-state index >= 15 is 0 Å². The van der Waals surface area contributed by atoms with Crippen LogP contribution in [-0.4, -0.2) is 42.0 Å². The molecular weight excluding hydrogens is 470 g/mol. The molecule has 9 heteroatoms. The quantitative estimate of drug-likeness (QED) is 0.633. The van der Waals surface area contributed by atoms with Gasteiger partial charge in [0.2, 0.25) is 0 Å². The number of carbonyl (C=O) groups excluding carboxylic acids is 1. The molecule has 0 spiro atoms. The summed E-state index contributed by atoms with van der Waals surface area (Å²) in [6.07, 6.45) is 3.50. The number of aryl methyl sites for hydroxylation is 1. The van der Waals surface area contributed by atoms with Crippen molar-refractivity contribution < 1.29 is 9.53 Å². The third-order valence-electron chi connectivity index (χ3n) is 6.72. The number of halogens is 1. The van der Waals surface area contributed by atoms with Crippen LogP contribution in [0.5, 0.6) is 0 Å². The number of anilines is 1. The van der Waals surface area contributed by atoms with E-state index in [1.165, 1.54) is 10.4 Å². The number of thiophene rings is 1. The SMILES string of the molecule is Cc1sc([C@@H]2C(C#N)=C(N)N(c3cccnc3Cl)C3=C2C(=O)CCC3)cc1CN1CCOCC1. The number of hydrogen-bond acceptors (Lipinski definition) is 8. The van der Waals surface area contributed by atoms with Crippen LogP contribution in [0.3, 0.4) is 0 Å². The fraction of sp³-hybridized carbons (Fsp3) is 0.400. The summed E-state index contributed by atoms with van der Waals surface area (Å²) in [6.45, 7) is 6.22. The molecule has 1 aliphatic carbocycles. The number of ether oxygens (including phenoxy) is 1. The minimum absolute atomic E-state index is 0.0669. The number of Topliss-reactive ketones (excluding diaryl/α,β-unsaturated/α-hetero) is 1. The van der Waals surface area contributed by atoms with Crippen LogP contribution >= 0.6 is 22.9 Å². The van der Waals surface area contributed by atoms with Crippen molar-refractivity contribution in [1.82, 2.24) is 9.88 Å². The van der Waals surface area contributed by atoms with Crippen LogP contribution in [0.25, 0.3) is 0 Å². The largest absolute Gasteiger partial charge is 0.384 e. The van der Waals surface area contributed by atoms with Gasteiger partial charge in [0.1, 0.15) is 5.82 Å². The van der Waals surface area contributed by atoms with Gasteiger partial charge >= 0.3 is 0 Å². The minimum Gasteiger partial charge on any atom is -0.384 e. The Morgan fingerprint density at radius 2 is 2.15 bits per heavy atom. The lowest BCUT2D eigenvalue weighted by molar-refractivity contribution is -0.116. The van der Waals surface area contributed by atoms with Crippen LogP contribution in [0.4, 0.5) is 5.69 Å². The van der Waals surface area contributed by atoms with Gasteiger partial charge in [0, 0.05) is 53.3 Å². The molecule has 34 heavy (non-hydrogen) atoms. The molecule has 3 aliphatic rings. The Hall–Kier alpha value is -2.70. The Bertz CT molecular complexity index is 1240. The van der Waals surface area contributed by atoms with Crippen molar-refractivity contribution in [2.75, 3.05) is 31.2 Å². The van der Waals surface area contributed by atoms with Crippen molar-refractivity contribution >= 4 is 34.4 Å². The summed E-state index contributed by atoms with van der Waals surface area (Å²) in [5, 5.41) is 10.5. The molecule has 1 saturated heterocycles. The van der Waals surface area contributed by atoms with E-state index in [4.69, 9.17) is 22.1 Å². The van der Waals surface area contributed by atoms with Gasteiger partial charge in [-0.2, -0.15) is 5.26 Å². The number of nitrogens with two attached hydrogens (primary N) is 1. The molecular formula is C25H26ClN5O2S. The van der Waals surface area contributed by atoms with E-state index < -0.39 is 5.92 Å². The second kappa shape index (κ2) is 9.51. The topological polar surface area (TPSA) is 95.5 Å². The lowest BCUT2D eigenvalue weighted by Crippen LogP contribution is -2.38. The number of aromatic nitrogens is 1. The zero-order valence-corrected chi connectivity index (χ0v) is 20.6. The fourth-order valence-electron chi connectivity index (χ4n) is 5.03. The summed E-state index contributed by atoms with van der Waals surface area (Å²) in [6, 6.07) is 8.08. The van der Waals surface area contributed by atoms with Crippen molar-refractivity contribution in [3.8, 4) is 6.07 Å². The Morgan fingerprint density at radius 1 is 1.35 bits per heavy atom. The van der Waals surface area contributed by atoms with Gasteiger partial charge in [-0.25, -0.2) is 4.98 Å². The highest BCUT2D eigenvalue weighted by atomic mass is 35.5. The van der Waals surface area contributed by atoms with Crippen LogP contribution in [0, 0.1) is 18.3 Å². The molecule has 0 bridgehead atoms. The van der Waals surface area contributed by atoms with Crippen molar-refractivity contribution in [2.45, 2.75) is 38.6 Å². The number of hydrogen-bond donors (Lipinski definition) is 1. The maximum atomic E-state index is 13.3. The van der Waals surface area contributed by atoms with Gasteiger partial charge in [0.25, 0.3) is 0 Å². The lowest BCUT2D eigenvalue weighted by atomic mass is 9.78. The van der Waals surface area contributed by atoms with Gasteiger partial charge in [-0.1, -0.05) is 11.6 Å². The molecule has 1 atom stereocenters. The number of allylic oxidation sites excluding steroid dienone is 3. The highest BCUT2D eigenvalue weighted by Crippen LogP contribution is 2.48. The Morgan fingerprint density at radius 3 is 2.88 bits per heavy atom. The van der Waals surface area contributed by atoms with Crippen LogP contribution < -0.4 is 10.6 Å². The average molecular weight is 496 g/mol. The van der Waals surface area contributed by atoms with Gasteiger partial charge in [0.05, 0.1) is 36.5 Å². The van der Waals surface area contributed by atoms with Gasteiger partial charge < -0.3 is 10.5 Å². The maximum absolute atomic E-state index is 13.3. The van der Waals surface area contributed by atoms with Crippen molar-refractivity contribution in [3.63, 3.8) is 0 Å². The van der Waals surface area contributed by atoms with Crippen molar-refractivity contribution in [1.29, 1.82) is 5.26 Å². The molecule has 2 aromatic rings. The van der Waals surface area contributed by atoms with Crippen LogP contribution in [0.15, 0.2) is 47.1 Å². The number of ketones is 1. The van der Waals surface area contributed by atoms with E-state index in [1.807, 2.05) is 6.07 Å². The van der Waals surface area contributed by atoms with Gasteiger partial charge in [-0.15, -0.1) is 11.3 Å². The predicted molar refractivity (Wildman–Crippen MR) is 132 cm³/mol. The molecule has 176 valence electrons. The first kappa shape index (κ1) is 23.1. The molecule has 2 aromatic heterocycles. The second-order valence-electron chi connectivity index (χ2n) is 8.75. The van der Waals surface area contributed by atoms with Crippen molar-refractivity contribution in [3.05, 3.63) is 67.5 Å². The molecule has 7 nitrogen and oxygen atoms in total. The zero-order chi connectivity index (χ0) is 23.8. The standard InChI is InChI=1S/C25H26ClN5O2S/c1-15-16(14-30-8-10-33-11-9-30)12-21(34-15)22-17(13-27)25(28)31(19-5-3-7-29-24(19)26)18-4-2-6-20(32)23(18)22/h3,5,7,12,22H,2,4,6,8-11,14,28H2,1H3/t22-/m0/s1. The van der Waals surface area contributed by atoms with Crippen molar-refractivity contribution in [2.24, 2.45) is 5.73 Å². The van der Waals surface area contributed by atoms with Crippen LogP contribution in [0.2, 0.25) is 5.15 Å². The van der Waals surface area contributed by atoms with Crippen LogP contribution in [-0.2, 0) is 16.1 Å². The van der Waals surface area contributed by atoms with Gasteiger partial charge in [0.15, 0.2) is 10.9 Å². The third kappa shape index (κ3) is 4.03. The molecule has 4 heterocycles. The lowest BCUT2D eigenvalue weighted by Gasteiger charge is -2.39. The highest BCUT2D eigenvalue weighted by molar-refractivity contribution is 7.12. The molecule has 1 fully saturated rings. The van der Waals surface area contributed by atoms with Gasteiger partial charge in [-0.3, -0.25) is 14.6 Å². The molecule has 2 N–H and O–H groups in total. The summed E-state index contributed by atoms with van der Waals surface area (Å²) in [4.78, 5) is 23.8. The summed E-state index contributed by atoms with van der Waals surface area (Å²) in [7, 11) is 0. The number of pyridine rings is 1. The van der Waals surface area contributed by atoms with E-state index in [9.17, 15) is 10.1 Å². The number of rotatable bonds is 4. The first-order valence-electron chi connectivity index (χ1n) is 11.5. The number of nitriles is 1. The average Bonchev–Trinajstić information content (AvgIpc) is 3.19. The number of morpholine rings is 1. The van der Waals surface area contributed by atoms with E-state index in [-0.39, 0.29) is 10.9 Å². The van der Waals surface area contributed by atoms with Gasteiger partial charge in [-0.05, 0) is 43.5 Å². The minimum atomic E-state index is -0.457. The second-order valence-corrected chi connectivity index (χ2v) is 10.4. The highest BCUT2D eigenvalue weighted by Gasteiger charge is 2.41. The molecule has 0 saturated carbocycles. The van der Waals surface area contributed by atoms with E-state index in [1.54, 1.807) is 28.5 Å². The molecule has 5 rings (SSSR count). The monoisotopic (exact) mass is 495 g/mol. The predicted octanol–water partition coefficient (Wildman–Crippen LogP) is 4.24. The number of carbonyl (C=O) groups is 1. The Balaban J connectivity index is 1.61. The number of nitrogens with zero attached hydrogens (tertiary/aromatic N) is 4. The third-order valence-corrected chi connectivity index (χ3v) is 8.16. The molecule has 2 aliphatic heterocycles.